The van der Waals surface area contributed by atoms with Gasteiger partial charge < -0.3 is 5.11 Å². The number of fused-ring (bicyclic) bond motifs is 1. The van der Waals surface area contributed by atoms with Crippen LogP contribution in [0.15, 0.2) is 71.6 Å². The van der Waals surface area contributed by atoms with Gasteiger partial charge in [0.15, 0.2) is 0 Å². The highest BCUT2D eigenvalue weighted by atomic mass is 32.2. The fourth-order valence-electron chi connectivity index (χ4n) is 3.39. The second-order valence-corrected chi connectivity index (χ2v) is 9.88. The Kier molecular flexibility index (Phi) is 5.51. The summed E-state index contributed by atoms with van der Waals surface area (Å²) < 4.78 is 28.9. The molecule has 0 saturated heterocycles. The Morgan fingerprint density at radius 2 is 1.81 bits per heavy atom. The lowest BCUT2D eigenvalue weighted by Crippen LogP contribution is -2.31. The third-order valence-electron chi connectivity index (χ3n) is 4.99. The molecule has 0 saturated carbocycles. The predicted octanol–water partition coefficient (Wildman–Crippen LogP) is 5.19. The molecular formula is C23H20N2O4S2. The number of hydrogen-bond donors (Lipinski definition) is 1. The minimum atomic E-state index is -3.95. The summed E-state index contributed by atoms with van der Waals surface area (Å²) in [5, 5.41) is 10.2. The number of rotatable bonds is 6. The average molecular weight is 453 g/mol. The summed E-state index contributed by atoms with van der Waals surface area (Å²) in [6.07, 6.45) is 0. The van der Waals surface area contributed by atoms with Gasteiger partial charge in [0.05, 0.1) is 26.4 Å². The lowest BCUT2D eigenvalue weighted by Gasteiger charge is -2.23. The number of thiazole rings is 1. The highest BCUT2D eigenvalue weighted by Gasteiger charge is 2.25. The van der Waals surface area contributed by atoms with Gasteiger partial charge in [0, 0.05) is 12.1 Å². The number of carboxylic acids is 1. The van der Waals surface area contributed by atoms with Crippen LogP contribution in [0.1, 0.15) is 22.8 Å². The van der Waals surface area contributed by atoms with Crippen molar-refractivity contribution in [3.05, 3.63) is 77.9 Å². The number of anilines is 1. The number of sulfonamides is 1. The first-order valence-corrected chi connectivity index (χ1v) is 11.9. The van der Waals surface area contributed by atoms with E-state index in [-0.39, 0.29) is 17.0 Å². The van der Waals surface area contributed by atoms with E-state index in [1.807, 2.05) is 36.4 Å². The van der Waals surface area contributed by atoms with E-state index in [0.717, 1.165) is 15.3 Å². The van der Waals surface area contributed by atoms with E-state index in [1.165, 1.54) is 22.5 Å². The molecule has 0 aliphatic carbocycles. The van der Waals surface area contributed by atoms with Crippen molar-refractivity contribution in [2.24, 2.45) is 0 Å². The number of nitrogens with zero attached hydrogens (tertiary/aromatic N) is 2. The molecule has 1 aromatic heterocycles. The number of aromatic nitrogens is 1. The van der Waals surface area contributed by atoms with Gasteiger partial charge in [-0.1, -0.05) is 36.4 Å². The van der Waals surface area contributed by atoms with Crippen LogP contribution < -0.4 is 4.31 Å². The summed E-state index contributed by atoms with van der Waals surface area (Å²) in [5.41, 5.74) is 2.68. The number of aryl methyl sites for hydroxylation is 1. The van der Waals surface area contributed by atoms with Crippen molar-refractivity contribution in [3.8, 4) is 10.6 Å². The zero-order valence-electron chi connectivity index (χ0n) is 16.9. The molecule has 0 bridgehead atoms. The minimum Gasteiger partial charge on any atom is -0.478 e. The molecule has 0 amide bonds. The first-order chi connectivity index (χ1) is 14.8. The predicted molar refractivity (Wildman–Crippen MR) is 123 cm³/mol. The Morgan fingerprint density at radius 3 is 2.48 bits per heavy atom. The maximum atomic E-state index is 13.3. The molecule has 0 aliphatic heterocycles. The van der Waals surface area contributed by atoms with Crippen molar-refractivity contribution in [3.63, 3.8) is 0 Å². The normalized spacial score (nSPS) is 11.5. The summed E-state index contributed by atoms with van der Waals surface area (Å²) in [4.78, 5) is 16.1. The molecule has 31 heavy (non-hydrogen) atoms. The highest BCUT2D eigenvalue weighted by molar-refractivity contribution is 7.92. The van der Waals surface area contributed by atoms with Crippen molar-refractivity contribution in [1.82, 2.24) is 4.98 Å². The zero-order valence-corrected chi connectivity index (χ0v) is 18.6. The fraction of sp³-hybridized carbons (Fsp3) is 0.130. The Morgan fingerprint density at radius 1 is 1.06 bits per heavy atom. The van der Waals surface area contributed by atoms with E-state index in [0.29, 0.717) is 16.8 Å². The third kappa shape index (κ3) is 3.92. The van der Waals surface area contributed by atoms with Gasteiger partial charge in [0.1, 0.15) is 5.01 Å². The molecule has 3 aromatic carbocycles. The SMILES string of the molecule is CCN(c1ccc2sc(-c3ccccc3)nc2c1)S(=O)(=O)c1ccc(C)c(C(=O)O)c1. The van der Waals surface area contributed by atoms with Crippen molar-refractivity contribution in [2.75, 3.05) is 10.8 Å². The summed E-state index contributed by atoms with van der Waals surface area (Å²) in [7, 11) is -3.95. The second kappa shape index (κ2) is 8.13. The Hall–Kier alpha value is -3.23. The molecule has 6 nitrogen and oxygen atoms in total. The molecule has 1 heterocycles. The van der Waals surface area contributed by atoms with Crippen LogP contribution in [0, 0.1) is 6.92 Å². The molecule has 0 spiro atoms. The Labute approximate surface area is 184 Å². The number of aromatic carboxylic acids is 1. The fourth-order valence-corrected chi connectivity index (χ4v) is 5.83. The number of carboxylic acid groups (broad SMARTS) is 1. The number of benzene rings is 3. The summed E-state index contributed by atoms with van der Waals surface area (Å²) >= 11 is 1.54. The van der Waals surface area contributed by atoms with Gasteiger partial charge in [-0.05, 0) is 49.7 Å². The van der Waals surface area contributed by atoms with Crippen LogP contribution in [0.2, 0.25) is 0 Å². The molecule has 158 valence electrons. The van der Waals surface area contributed by atoms with Crippen LogP contribution >= 0.6 is 11.3 Å². The first-order valence-electron chi connectivity index (χ1n) is 9.64. The number of carbonyl (C=O) groups is 1. The number of hydrogen-bond acceptors (Lipinski definition) is 5. The topological polar surface area (TPSA) is 87.6 Å². The third-order valence-corrected chi connectivity index (χ3v) is 7.98. The molecule has 4 aromatic rings. The van der Waals surface area contributed by atoms with E-state index < -0.39 is 16.0 Å². The van der Waals surface area contributed by atoms with E-state index in [1.54, 1.807) is 37.3 Å². The van der Waals surface area contributed by atoms with Crippen molar-refractivity contribution in [1.29, 1.82) is 0 Å². The van der Waals surface area contributed by atoms with Gasteiger partial charge in [-0.3, -0.25) is 4.31 Å². The van der Waals surface area contributed by atoms with Crippen LogP contribution in [0.4, 0.5) is 5.69 Å². The monoisotopic (exact) mass is 452 g/mol. The molecule has 0 atom stereocenters. The molecule has 1 N–H and O–H groups in total. The van der Waals surface area contributed by atoms with Gasteiger partial charge in [-0.15, -0.1) is 11.3 Å². The average Bonchev–Trinajstić information content (AvgIpc) is 3.18. The van der Waals surface area contributed by atoms with Crippen LogP contribution in [0.5, 0.6) is 0 Å². The van der Waals surface area contributed by atoms with E-state index in [9.17, 15) is 18.3 Å². The Balaban J connectivity index is 1.76. The van der Waals surface area contributed by atoms with Gasteiger partial charge in [0.2, 0.25) is 0 Å². The van der Waals surface area contributed by atoms with Crippen molar-refractivity contribution >= 4 is 43.2 Å². The minimum absolute atomic E-state index is 0.0282. The van der Waals surface area contributed by atoms with Gasteiger partial charge in [-0.25, -0.2) is 18.2 Å². The summed E-state index contributed by atoms with van der Waals surface area (Å²) in [6.45, 7) is 3.57. The van der Waals surface area contributed by atoms with Crippen LogP contribution in [-0.4, -0.2) is 31.0 Å². The van der Waals surface area contributed by atoms with Crippen LogP contribution in [0.3, 0.4) is 0 Å². The second-order valence-electron chi connectivity index (χ2n) is 6.99. The maximum Gasteiger partial charge on any atom is 0.335 e. The zero-order chi connectivity index (χ0) is 22.2. The van der Waals surface area contributed by atoms with Crippen molar-refractivity contribution in [2.45, 2.75) is 18.7 Å². The van der Waals surface area contributed by atoms with Crippen LogP contribution in [-0.2, 0) is 10.0 Å². The lowest BCUT2D eigenvalue weighted by atomic mass is 10.1. The molecular weight excluding hydrogens is 432 g/mol. The van der Waals surface area contributed by atoms with E-state index >= 15 is 0 Å². The Bertz CT molecular complexity index is 1380. The smallest absolute Gasteiger partial charge is 0.335 e. The lowest BCUT2D eigenvalue weighted by molar-refractivity contribution is 0.0696. The molecule has 0 unspecified atom stereocenters. The highest BCUT2D eigenvalue weighted by Crippen LogP contribution is 2.33. The van der Waals surface area contributed by atoms with Crippen LogP contribution in [0.25, 0.3) is 20.8 Å². The van der Waals surface area contributed by atoms with Gasteiger partial charge in [-0.2, -0.15) is 0 Å². The summed E-state index contributed by atoms with van der Waals surface area (Å²) in [5.74, 6) is -1.16. The quantitative estimate of drug-likeness (QED) is 0.435. The molecule has 0 fully saturated rings. The first kappa shape index (κ1) is 21.0. The standard InChI is InChI=1S/C23H20N2O4S2/c1-3-25(31(28,29)18-11-9-15(2)19(14-18)23(26)27)17-10-12-21-20(13-17)24-22(30-21)16-7-5-4-6-8-16/h4-14H,3H2,1-2H3,(H,26,27). The maximum absolute atomic E-state index is 13.3. The molecule has 0 radical (unpaired) electrons. The van der Waals surface area contributed by atoms with E-state index in [4.69, 9.17) is 0 Å². The largest absolute Gasteiger partial charge is 0.478 e. The molecule has 0 aliphatic rings. The van der Waals surface area contributed by atoms with Crippen molar-refractivity contribution < 1.29 is 18.3 Å². The van der Waals surface area contributed by atoms with E-state index in [2.05, 4.69) is 4.98 Å². The molecule has 4 rings (SSSR count). The van der Waals surface area contributed by atoms with Gasteiger partial charge in [0.25, 0.3) is 10.0 Å². The summed E-state index contributed by atoms with van der Waals surface area (Å²) in [6, 6.07) is 19.4. The van der Waals surface area contributed by atoms with Gasteiger partial charge >= 0.3 is 5.97 Å². The molecule has 8 heteroatoms.